The van der Waals surface area contributed by atoms with Crippen LogP contribution in [0.15, 0.2) is 47.3 Å². The Labute approximate surface area is 131 Å². The van der Waals surface area contributed by atoms with Crippen molar-refractivity contribution in [1.29, 1.82) is 0 Å². The summed E-state index contributed by atoms with van der Waals surface area (Å²) < 4.78 is 6.76. The molecule has 1 amide bonds. The second kappa shape index (κ2) is 5.88. The third-order valence-electron chi connectivity index (χ3n) is 3.37. The fraction of sp³-hybridized carbons (Fsp3) is 0.125. The molecule has 1 N–H and O–H groups in total. The van der Waals surface area contributed by atoms with Crippen LogP contribution in [0, 0.1) is 0 Å². The van der Waals surface area contributed by atoms with Gasteiger partial charge in [0, 0.05) is 30.1 Å². The number of carbonyl (C=O) groups excluding carboxylic acids is 2. The van der Waals surface area contributed by atoms with Crippen molar-refractivity contribution >= 4 is 17.4 Å². The molecule has 0 unspecified atom stereocenters. The third kappa shape index (κ3) is 3.03. The lowest BCUT2D eigenvalue weighted by Gasteiger charge is -2.06. The van der Waals surface area contributed by atoms with E-state index in [0.717, 1.165) is 0 Å². The second-order valence-electron chi connectivity index (χ2n) is 5.06. The van der Waals surface area contributed by atoms with Crippen molar-refractivity contribution < 1.29 is 14.0 Å². The summed E-state index contributed by atoms with van der Waals surface area (Å²) >= 11 is 0. The Morgan fingerprint density at radius 3 is 2.74 bits per heavy atom. The molecule has 7 heteroatoms. The number of hydrogen-bond donors (Lipinski definition) is 1. The number of amides is 1. The average Bonchev–Trinajstić information content (AvgIpc) is 3.16. The van der Waals surface area contributed by atoms with Gasteiger partial charge in [-0.05, 0) is 31.2 Å². The number of nitrogens with one attached hydrogen (secondary N) is 1. The number of nitrogens with zero attached hydrogens (tertiary/aromatic N) is 3. The topological polar surface area (TPSA) is 90.0 Å². The fourth-order valence-electron chi connectivity index (χ4n) is 2.21. The van der Waals surface area contributed by atoms with Gasteiger partial charge in [0.15, 0.2) is 5.78 Å². The standard InChI is InChI=1S/C16H14N4O3/c1-10(21)12-7-14(20(2)8-12)15(22)18-13-5-3-4-11(6-13)16-19-17-9-23-16/h3-9H,1-2H3,(H,18,22). The van der Waals surface area contributed by atoms with E-state index < -0.39 is 0 Å². The predicted molar refractivity (Wildman–Crippen MR) is 83.1 cm³/mol. The van der Waals surface area contributed by atoms with E-state index in [9.17, 15) is 9.59 Å². The smallest absolute Gasteiger partial charge is 0.272 e. The van der Waals surface area contributed by atoms with Crippen molar-refractivity contribution in [2.24, 2.45) is 7.05 Å². The minimum Gasteiger partial charge on any atom is -0.423 e. The Morgan fingerprint density at radius 2 is 2.09 bits per heavy atom. The summed E-state index contributed by atoms with van der Waals surface area (Å²) in [5.74, 6) is -0.0143. The molecule has 2 heterocycles. The number of aromatic nitrogens is 3. The van der Waals surface area contributed by atoms with E-state index in [-0.39, 0.29) is 11.7 Å². The first-order valence-electron chi connectivity index (χ1n) is 6.90. The van der Waals surface area contributed by atoms with Gasteiger partial charge in [0.2, 0.25) is 12.3 Å². The van der Waals surface area contributed by atoms with E-state index >= 15 is 0 Å². The number of ketones is 1. The van der Waals surface area contributed by atoms with Gasteiger partial charge in [-0.15, -0.1) is 10.2 Å². The van der Waals surface area contributed by atoms with Crippen molar-refractivity contribution in [3.05, 3.63) is 54.2 Å². The van der Waals surface area contributed by atoms with Crippen molar-refractivity contribution in [3.8, 4) is 11.5 Å². The van der Waals surface area contributed by atoms with Gasteiger partial charge in [-0.2, -0.15) is 0 Å². The highest BCUT2D eigenvalue weighted by Crippen LogP contribution is 2.21. The third-order valence-corrected chi connectivity index (χ3v) is 3.37. The first-order chi connectivity index (χ1) is 11.0. The highest BCUT2D eigenvalue weighted by atomic mass is 16.4. The van der Waals surface area contributed by atoms with Gasteiger partial charge in [0.05, 0.1) is 0 Å². The Morgan fingerprint density at radius 1 is 1.26 bits per heavy atom. The average molecular weight is 310 g/mol. The summed E-state index contributed by atoms with van der Waals surface area (Å²) in [7, 11) is 1.72. The van der Waals surface area contributed by atoms with E-state index in [2.05, 4.69) is 15.5 Å². The summed E-state index contributed by atoms with van der Waals surface area (Å²) in [4.78, 5) is 23.8. The fourth-order valence-corrected chi connectivity index (χ4v) is 2.21. The molecule has 0 aliphatic carbocycles. The lowest BCUT2D eigenvalue weighted by molar-refractivity contribution is 0.101. The van der Waals surface area contributed by atoms with Crippen LogP contribution in [0.3, 0.4) is 0 Å². The molecule has 0 aliphatic rings. The highest BCUT2D eigenvalue weighted by Gasteiger charge is 2.14. The number of carbonyl (C=O) groups is 2. The molecule has 1 aromatic carbocycles. The predicted octanol–water partition coefficient (Wildman–Crippen LogP) is 2.53. The van der Waals surface area contributed by atoms with Gasteiger partial charge in [0.1, 0.15) is 5.69 Å². The first-order valence-corrected chi connectivity index (χ1v) is 6.90. The van der Waals surface area contributed by atoms with Crippen LogP contribution in [-0.2, 0) is 7.05 Å². The molecule has 116 valence electrons. The summed E-state index contributed by atoms with van der Waals surface area (Å²) in [6.45, 7) is 1.46. The van der Waals surface area contributed by atoms with Crippen LogP contribution in [0.4, 0.5) is 5.69 Å². The molecule has 3 aromatic rings. The zero-order valence-electron chi connectivity index (χ0n) is 12.6. The van der Waals surface area contributed by atoms with Gasteiger partial charge in [-0.25, -0.2) is 0 Å². The lowest BCUT2D eigenvalue weighted by Crippen LogP contribution is -2.15. The maximum Gasteiger partial charge on any atom is 0.272 e. The summed E-state index contributed by atoms with van der Waals surface area (Å²) in [5, 5.41) is 10.3. The van der Waals surface area contributed by atoms with Crippen LogP contribution in [0.1, 0.15) is 27.8 Å². The maximum atomic E-state index is 12.4. The molecule has 0 radical (unpaired) electrons. The Kier molecular flexibility index (Phi) is 3.76. The molecule has 7 nitrogen and oxygen atoms in total. The van der Waals surface area contributed by atoms with E-state index in [4.69, 9.17) is 4.42 Å². The molecule has 23 heavy (non-hydrogen) atoms. The summed E-state index contributed by atoms with van der Waals surface area (Å²) in [6.07, 6.45) is 2.87. The number of aryl methyl sites for hydroxylation is 1. The Bertz CT molecular complexity index is 865. The van der Waals surface area contributed by atoms with Gasteiger partial charge >= 0.3 is 0 Å². The summed E-state index contributed by atoms with van der Waals surface area (Å²) in [6, 6.07) is 8.65. The molecule has 0 bridgehead atoms. The molecular weight excluding hydrogens is 296 g/mol. The normalized spacial score (nSPS) is 10.5. The van der Waals surface area contributed by atoms with Gasteiger partial charge in [-0.1, -0.05) is 6.07 Å². The van der Waals surface area contributed by atoms with Gasteiger partial charge in [-0.3, -0.25) is 9.59 Å². The molecule has 0 fully saturated rings. The lowest BCUT2D eigenvalue weighted by atomic mass is 10.2. The van der Waals surface area contributed by atoms with Crippen LogP contribution in [0.2, 0.25) is 0 Å². The highest BCUT2D eigenvalue weighted by molar-refractivity contribution is 6.05. The Hall–Kier alpha value is -3.22. The minimum atomic E-state index is -0.303. The first kappa shape index (κ1) is 14.7. The van der Waals surface area contributed by atoms with Crippen molar-refractivity contribution in [3.63, 3.8) is 0 Å². The summed E-state index contributed by atoms with van der Waals surface area (Å²) in [5.41, 5.74) is 2.20. The quantitative estimate of drug-likeness (QED) is 0.748. The van der Waals surface area contributed by atoms with Gasteiger partial charge in [0.25, 0.3) is 5.91 Å². The van der Waals surface area contributed by atoms with E-state index in [0.29, 0.717) is 28.4 Å². The number of anilines is 1. The van der Waals surface area contributed by atoms with E-state index in [1.807, 2.05) is 0 Å². The molecule has 0 saturated heterocycles. The largest absolute Gasteiger partial charge is 0.423 e. The zero-order valence-corrected chi connectivity index (χ0v) is 12.6. The van der Waals surface area contributed by atoms with E-state index in [1.165, 1.54) is 13.3 Å². The minimum absolute atomic E-state index is 0.0851. The number of hydrogen-bond acceptors (Lipinski definition) is 5. The van der Waals surface area contributed by atoms with Crippen molar-refractivity contribution in [1.82, 2.24) is 14.8 Å². The molecule has 0 aliphatic heterocycles. The van der Waals surface area contributed by atoms with Crippen LogP contribution in [0.5, 0.6) is 0 Å². The van der Waals surface area contributed by atoms with Gasteiger partial charge < -0.3 is 14.3 Å². The SMILES string of the molecule is CC(=O)c1cc(C(=O)Nc2cccc(-c3nnco3)c2)n(C)c1. The van der Waals surface area contributed by atoms with Crippen LogP contribution in [0.25, 0.3) is 11.5 Å². The number of Topliss-reactive ketones (excluding diaryl/α,β-unsaturated/α-hetero) is 1. The molecule has 3 rings (SSSR count). The monoisotopic (exact) mass is 310 g/mol. The molecule has 0 saturated carbocycles. The molecule has 0 atom stereocenters. The Balaban J connectivity index is 1.83. The van der Waals surface area contributed by atoms with Crippen molar-refractivity contribution in [2.75, 3.05) is 5.32 Å². The number of rotatable bonds is 4. The number of benzene rings is 1. The zero-order chi connectivity index (χ0) is 16.4. The van der Waals surface area contributed by atoms with Crippen LogP contribution < -0.4 is 5.32 Å². The molecule has 0 spiro atoms. The second-order valence-corrected chi connectivity index (χ2v) is 5.06. The maximum absolute atomic E-state index is 12.4. The van der Waals surface area contributed by atoms with Crippen molar-refractivity contribution in [2.45, 2.75) is 6.92 Å². The van der Waals surface area contributed by atoms with Crippen LogP contribution in [-0.4, -0.2) is 26.5 Å². The molecular formula is C16H14N4O3. The van der Waals surface area contributed by atoms with E-state index in [1.54, 1.807) is 48.1 Å². The molecule has 2 aromatic heterocycles. The van der Waals surface area contributed by atoms with Crippen LogP contribution >= 0.6 is 0 Å².